The molecular weight excluding hydrogens is 476 g/mol. The molecule has 0 spiro atoms. The van der Waals surface area contributed by atoms with Gasteiger partial charge in [0.15, 0.2) is 23.9 Å². The third-order valence-corrected chi connectivity index (χ3v) is 5.70. The highest BCUT2D eigenvalue weighted by atomic mass is 35.5. The highest BCUT2D eigenvalue weighted by molar-refractivity contribution is 6.32. The first kappa shape index (κ1) is 25.0. The van der Waals surface area contributed by atoms with Crippen LogP contribution in [0.2, 0.25) is 5.02 Å². The van der Waals surface area contributed by atoms with Crippen LogP contribution in [0.3, 0.4) is 0 Å². The number of hydrogen-bond donors (Lipinski definition) is 0. The Kier molecular flexibility index (Phi) is 8.37. The van der Waals surface area contributed by atoms with E-state index in [0.29, 0.717) is 23.7 Å². The Morgan fingerprint density at radius 3 is 2.06 bits per heavy atom. The monoisotopic (exact) mass is 500 g/mol. The molecule has 0 bridgehead atoms. The number of carbonyl (C=O) groups is 2. The Morgan fingerprint density at radius 1 is 0.750 bits per heavy atom. The van der Waals surface area contributed by atoms with Crippen molar-refractivity contribution in [3.63, 3.8) is 0 Å². The quantitative estimate of drug-likeness (QED) is 0.173. The van der Waals surface area contributed by atoms with Gasteiger partial charge in [0.25, 0.3) is 0 Å². The number of Topliss-reactive ketones (excluding diaryl/α,β-unsaturated/α-hetero) is 1. The fourth-order valence-electron chi connectivity index (χ4n) is 3.59. The molecule has 0 saturated carbocycles. The predicted octanol–water partition coefficient (Wildman–Crippen LogP) is 7.02. The molecule has 6 heteroatoms. The summed E-state index contributed by atoms with van der Waals surface area (Å²) in [5.74, 6) is -0.316. The summed E-state index contributed by atoms with van der Waals surface area (Å²) in [6.07, 6.45) is 0. The molecule has 182 valence electrons. The van der Waals surface area contributed by atoms with Gasteiger partial charge in [0.1, 0.15) is 6.61 Å². The minimum Gasteiger partial charge on any atom is -0.488 e. The van der Waals surface area contributed by atoms with Crippen molar-refractivity contribution < 1.29 is 23.8 Å². The molecule has 0 atom stereocenters. The first-order valence-corrected chi connectivity index (χ1v) is 11.9. The smallest absolute Gasteiger partial charge is 0.338 e. The van der Waals surface area contributed by atoms with E-state index in [1.165, 1.54) is 12.1 Å². The van der Waals surface area contributed by atoms with E-state index < -0.39 is 12.6 Å². The van der Waals surface area contributed by atoms with Crippen molar-refractivity contribution in [3.8, 4) is 22.6 Å². The lowest BCUT2D eigenvalue weighted by molar-refractivity contribution is 0.0474. The van der Waals surface area contributed by atoms with Crippen molar-refractivity contribution in [2.24, 2.45) is 0 Å². The number of ether oxygens (including phenoxy) is 3. The SMILES string of the molecule is CCOc1c(Cl)cc(C(=O)OCC(=O)c2ccc(-c3ccccc3)cc2)cc1OCc1ccccc1. The molecule has 0 N–H and O–H groups in total. The summed E-state index contributed by atoms with van der Waals surface area (Å²) >= 11 is 6.38. The van der Waals surface area contributed by atoms with E-state index in [4.69, 9.17) is 25.8 Å². The Balaban J connectivity index is 1.43. The number of esters is 1. The van der Waals surface area contributed by atoms with Crippen LogP contribution in [0, 0.1) is 0 Å². The average Bonchev–Trinajstić information content (AvgIpc) is 2.93. The van der Waals surface area contributed by atoms with Crippen molar-refractivity contribution in [2.45, 2.75) is 13.5 Å². The van der Waals surface area contributed by atoms with Gasteiger partial charge in [0, 0.05) is 5.56 Å². The molecule has 0 saturated heterocycles. The summed E-state index contributed by atoms with van der Waals surface area (Å²) in [4.78, 5) is 25.4. The molecule has 0 fully saturated rings. The molecule has 0 amide bonds. The maximum Gasteiger partial charge on any atom is 0.338 e. The van der Waals surface area contributed by atoms with Gasteiger partial charge in [-0.1, -0.05) is 96.5 Å². The summed E-state index contributed by atoms with van der Waals surface area (Å²) in [5, 5.41) is 0.220. The van der Waals surface area contributed by atoms with Crippen LogP contribution in [-0.2, 0) is 11.3 Å². The van der Waals surface area contributed by atoms with Gasteiger partial charge >= 0.3 is 5.97 Å². The molecule has 0 aromatic heterocycles. The lowest BCUT2D eigenvalue weighted by Crippen LogP contribution is -2.14. The number of benzene rings is 4. The standard InChI is InChI=1S/C30H25ClO5/c1-2-34-29-26(31)17-25(18-28(29)35-19-21-9-5-3-6-10-21)30(33)36-20-27(32)24-15-13-23(14-16-24)22-11-7-4-8-12-22/h3-18H,2,19-20H2,1H3. The predicted molar refractivity (Wildman–Crippen MR) is 140 cm³/mol. The Morgan fingerprint density at radius 2 is 1.39 bits per heavy atom. The lowest BCUT2D eigenvalue weighted by Gasteiger charge is -2.15. The minimum absolute atomic E-state index is 0.166. The number of ketones is 1. The van der Waals surface area contributed by atoms with E-state index in [0.717, 1.165) is 16.7 Å². The van der Waals surface area contributed by atoms with Gasteiger partial charge in [-0.15, -0.1) is 0 Å². The van der Waals surface area contributed by atoms with E-state index in [1.54, 1.807) is 12.1 Å². The molecular formula is C30H25ClO5. The third kappa shape index (κ3) is 6.32. The van der Waals surface area contributed by atoms with Gasteiger partial charge in [0.05, 0.1) is 17.2 Å². The van der Waals surface area contributed by atoms with Crippen LogP contribution in [0.15, 0.2) is 97.1 Å². The zero-order chi connectivity index (χ0) is 25.3. The van der Waals surface area contributed by atoms with Crippen molar-refractivity contribution in [3.05, 3.63) is 119 Å². The van der Waals surface area contributed by atoms with E-state index in [-0.39, 0.29) is 23.0 Å². The number of hydrogen-bond acceptors (Lipinski definition) is 5. The molecule has 0 aliphatic carbocycles. The summed E-state index contributed by atoms with van der Waals surface area (Å²) in [7, 11) is 0. The van der Waals surface area contributed by atoms with Crippen LogP contribution < -0.4 is 9.47 Å². The second-order valence-electron chi connectivity index (χ2n) is 7.94. The van der Waals surface area contributed by atoms with Crippen molar-refractivity contribution in [2.75, 3.05) is 13.2 Å². The zero-order valence-corrected chi connectivity index (χ0v) is 20.5. The molecule has 0 aliphatic heterocycles. The molecule has 0 radical (unpaired) electrons. The van der Waals surface area contributed by atoms with Gasteiger partial charge in [-0.3, -0.25) is 4.79 Å². The summed E-state index contributed by atoms with van der Waals surface area (Å²) in [6.45, 7) is 2.09. The van der Waals surface area contributed by atoms with Gasteiger partial charge in [0.2, 0.25) is 0 Å². The number of rotatable bonds is 10. The van der Waals surface area contributed by atoms with Gasteiger partial charge in [-0.25, -0.2) is 4.79 Å². The van der Waals surface area contributed by atoms with Crippen LogP contribution >= 0.6 is 11.6 Å². The van der Waals surface area contributed by atoms with Crippen LogP contribution in [0.1, 0.15) is 33.2 Å². The number of carbonyl (C=O) groups excluding carboxylic acids is 2. The van der Waals surface area contributed by atoms with Gasteiger partial charge < -0.3 is 14.2 Å². The molecule has 0 aliphatic rings. The molecule has 5 nitrogen and oxygen atoms in total. The molecule has 36 heavy (non-hydrogen) atoms. The average molecular weight is 501 g/mol. The summed E-state index contributed by atoms with van der Waals surface area (Å²) in [5.41, 5.74) is 3.63. The Hall–Kier alpha value is -4.09. The number of halogens is 1. The van der Waals surface area contributed by atoms with Gasteiger partial charge in [-0.2, -0.15) is 0 Å². The summed E-state index contributed by atoms with van der Waals surface area (Å²) in [6, 6.07) is 29.6. The Labute approximate surface area is 215 Å². The van der Waals surface area contributed by atoms with Crippen LogP contribution in [-0.4, -0.2) is 25.0 Å². The summed E-state index contributed by atoms with van der Waals surface area (Å²) < 4.78 is 16.8. The van der Waals surface area contributed by atoms with E-state index in [1.807, 2.05) is 79.7 Å². The van der Waals surface area contributed by atoms with Crippen LogP contribution in [0.4, 0.5) is 0 Å². The van der Waals surface area contributed by atoms with Crippen molar-refractivity contribution >= 4 is 23.4 Å². The van der Waals surface area contributed by atoms with Gasteiger partial charge in [-0.05, 0) is 35.7 Å². The molecule has 0 unspecified atom stereocenters. The molecule has 4 rings (SSSR count). The third-order valence-electron chi connectivity index (χ3n) is 5.42. The topological polar surface area (TPSA) is 61.8 Å². The molecule has 0 heterocycles. The molecule has 4 aromatic carbocycles. The van der Waals surface area contributed by atoms with Crippen LogP contribution in [0.25, 0.3) is 11.1 Å². The second kappa shape index (κ2) is 12.0. The Bertz CT molecular complexity index is 1320. The largest absolute Gasteiger partial charge is 0.488 e. The van der Waals surface area contributed by atoms with Crippen molar-refractivity contribution in [1.29, 1.82) is 0 Å². The first-order valence-electron chi connectivity index (χ1n) is 11.5. The normalized spacial score (nSPS) is 10.5. The first-order chi connectivity index (χ1) is 17.5. The molecule has 4 aromatic rings. The highest BCUT2D eigenvalue weighted by Gasteiger charge is 2.19. The highest BCUT2D eigenvalue weighted by Crippen LogP contribution is 2.37. The van der Waals surface area contributed by atoms with E-state index in [2.05, 4.69) is 0 Å². The lowest BCUT2D eigenvalue weighted by atomic mass is 10.0. The van der Waals surface area contributed by atoms with Crippen molar-refractivity contribution in [1.82, 2.24) is 0 Å². The van der Waals surface area contributed by atoms with E-state index >= 15 is 0 Å². The van der Waals surface area contributed by atoms with E-state index in [9.17, 15) is 9.59 Å². The fourth-order valence-corrected chi connectivity index (χ4v) is 3.86. The zero-order valence-electron chi connectivity index (χ0n) is 19.8. The maximum atomic E-state index is 12.7. The minimum atomic E-state index is -0.682. The maximum absolute atomic E-state index is 12.7. The second-order valence-corrected chi connectivity index (χ2v) is 8.34. The van der Waals surface area contributed by atoms with Crippen LogP contribution in [0.5, 0.6) is 11.5 Å². The fraction of sp³-hybridized carbons (Fsp3) is 0.133.